The van der Waals surface area contributed by atoms with Crippen molar-refractivity contribution in [1.82, 2.24) is 5.32 Å². The van der Waals surface area contributed by atoms with Crippen molar-refractivity contribution < 1.29 is 19.7 Å². The van der Waals surface area contributed by atoms with E-state index in [1.807, 2.05) is 13.8 Å². The lowest BCUT2D eigenvalue weighted by Crippen LogP contribution is -2.45. The number of rotatable bonds is 6. The molecule has 0 aromatic heterocycles. The van der Waals surface area contributed by atoms with E-state index in [1.165, 1.54) is 7.11 Å². The maximum atomic E-state index is 11.2. The van der Waals surface area contributed by atoms with Gasteiger partial charge in [0, 0.05) is 6.54 Å². The van der Waals surface area contributed by atoms with Gasteiger partial charge in [-0.05, 0) is 5.92 Å². The molecule has 5 nitrogen and oxygen atoms in total. The summed E-state index contributed by atoms with van der Waals surface area (Å²) in [7, 11) is 1.32. The molecule has 1 unspecified atom stereocenters. The minimum absolute atomic E-state index is 0.0772. The van der Waals surface area contributed by atoms with Crippen molar-refractivity contribution in [3.05, 3.63) is 0 Å². The molecule has 3 N–H and O–H groups in total. The van der Waals surface area contributed by atoms with E-state index in [9.17, 15) is 4.79 Å². The first-order valence-corrected chi connectivity index (χ1v) is 4.63. The summed E-state index contributed by atoms with van der Waals surface area (Å²) in [6, 6.07) is -0.443. The summed E-state index contributed by atoms with van der Waals surface area (Å²) in [6.45, 7) is 3.60. The van der Waals surface area contributed by atoms with Crippen LogP contribution in [0.2, 0.25) is 0 Å². The third-order valence-electron chi connectivity index (χ3n) is 1.91. The molecule has 0 aromatic rings. The van der Waals surface area contributed by atoms with Gasteiger partial charge < -0.3 is 20.3 Å². The first-order valence-electron chi connectivity index (χ1n) is 4.63. The maximum Gasteiger partial charge on any atom is 0.323 e. The van der Waals surface area contributed by atoms with Crippen molar-refractivity contribution >= 4 is 5.97 Å². The molecule has 0 bridgehead atoms. The Morgan fingerprint density at radius 1 is 1.50 bits per heavy atom. The molecule has 5 heteroatoms. The Kier molecular flexibility index (Phi) is 6.44. The topological polar surface area (TPSA) is 78.8 Å². The summed E-state index contributed by atoms with van der Waals surface area (Å²) in [5.74, 6) is -0.279. The molecule has 2 atom stereocenters. The molecular formula is C9H19NO4. The van der Waals surface area contributed by atoms with Gasteiger partial charge in [0.2, 0.25) is 0 Å². The van der Waals surface area contributed by atoms with E-state index < -0.39 is 12.1 Å². The Morgan fingerprint density at radius 3 is 2.43 bits per heavy atom. The molecule has 0 spiro atoms. The fourth-order valence-corrected chi connectivity index (χ4v) is 1.05. The van der Waals surface area contributed by atoms with Gasteiger partial charge in [-0.15, -0.1) is 0 Å². The molecule has 0 fully saturated rings. The molecule has 0 aromatic carbocycles. The molecule has 0 amide bonds. The van der Waals surface area contributed by atoms with Crippen molar-refractivity contribution in [2.75, 3.05) is 20.3 Å². The number of aliphatic hydroxyl groups excluding tert-OH is 2. The number of aliphatic hydroxyl groups is 2. The minimum atomic E-state index is -0.846. The molecule has 0 heterocycles. The van der Waals surface area contributed by atoms with Gasteiger partial charge in [0.05, 0.1) is 19.8 Å². The zero-order chi connectivity index (χ0) is 11.1. The molecule has 84 valence electrons. The van der Waals surface area contributed by atoms with Crippen molar-refractivity contribution in [3.63, 3.8) is 0 Å². The number of carbonyl (C=O) groups excluding carboxylic acids is 1. The third-order valence-corrected chi connectivity index (χ3v) is 1.91. The van der Waals surface area contributed by atoms with Crippen LogP contribution in [0.15, 0.2) is 0 Å². The zero-order valence-corrected chi connectivity index (χ0v) is 8.86. The number of carbonyl (C=O) groups is 1. The largest absolute Gasteiger partial charge is 0.468 e. The van der Waals surface area contributed by atoms with E-state index in [4.69, 9.17) is 10.2 Å². The SMILES string of the molecule is COC(=O)C(NC[C@H](O)CO)C(C)C. The highest BCUT2D eigenvalue weighted by atomic mass is 16.5. The number of methoxy groups -OCH3 is 1. The van der Waals surface area contributed by atoms with Crippen LogP contribution in [0.5, 0.6) is 0 Å². The van der Waals surface area contributed by atoms with E-state index in [0.29, 0.717) is 0 Å². The lowest BCUT2D eigenvalue weighted by atomic mass is 10.0. The molecule has 0 aliphatic heterocycles. The number of esters is 1. The molecular weight excluding hydrogens is 186 g/mol. The van der Waals surface area contributed by atoms with E-state index in [1.54, 1.807) is 0 Å². The van der Waals surface area contributed by atoms with Crippen LogP contribution in [0.25, 0.3) is 0 Å². The number of hydrogen-bond donors (Lipinski definition) is 3. The van der Waals surface area contributed by atoms with Crippen LogP contribution in [0.3, 0.4) is 0 Å². The summed E-state index contributed by atoms with van der Waals surface area (Å²) in [5.41, 5.74) is 0. The Labute approximate surface area is 84.1 Å². The fraction of sp³-hybridized carbons (Fsp3) is 0.889. The van der Waals surface area contributed by atoms with Crippen LogP contribution < -0.4 is 5.32 Å². The molecule has 0 aliphatic rings. The Hall–Kier alpha value is -0.650. The number of hydrogen-bond acceptors (Lipinski definition) is 5. The van der Waals surface area contributed by atoms with Crippen molar-refractivity contribution in [2.24, 2.45) is 5.92 Å². The summed E-state index contributed by atoms with van der Waals surface area (Å²) < 4.78 is 4.59. The van der Waals surface area contributed by atoms with Crippen molar-refractivity contribution in [3.8, 4) is 0 Å². The lowest BCUT2D eigenvalue weighted by Gasteiger charge is -2.20. The smallest absolute Gasteiger partial charge is 0.323 e. The first kappa shape index (κ1) is 13.4. The Bertz CT molecular complexity index is 172. The van der Waals surface area contributed by atoms with Crippen molar-refractivity contribution in [2.45, 2.75) is 26.0 Å². The summed E-state index contributed by atoms with van der Waals surface area (Å²) in [6.07, 6.45) is -0.846. The quantitative estimate of drug-likeness (QED) is 0.491. The highest BCUT2D eigenvalue weighted by molar-refractivity contribution is 5.75. The minimum Gasteiger partial charge on any atom is -0.468 e. The average molecular weight is 205 g/mol. The molecule has 0 radical (unpaired) electrons. The third kappa shape index (κ3) is 4.55. The number of nitrogens with one attached hydrogen (secondary N) is 1. The molecule has 0 saturated heterocycles. The van der Waals surface area contributed by atoms with E-state index >= 15 is 0 Å². The lowest BCUT2D eigenvalue weighted by molar-refractivity contribution is -0.144. The van der Waals surface area contributed by atoms with Crippen LogP contribution >= 0.6 is 0 Å². The molecule has 0 aliphatic carbocycles. The molecule has 0 saturated carbocycles. The van der Waals surface area contributed by atoms with E-state index in [0.717, 1.165) is 0 Å². The van der Waals surface area contributed by atoms with E-state index in [2.05, 4.69) is 10.1 Å². The van der Waals surface area contributed by atoms with Gasteiger partial charge in [-0.1, -0.05) is 13.8 Å². The zero-order valence-electron chi connectivity index (χ0n) is 8.86. The highest BCUT2D eigenvalue weighted by Gasteiger charge is 2.22. The van der Waals surface area contributed by atoms with Gasteiger partial charge in [-0.25, -0.2) is 0 Å². The van der Waals surface area contributed by atoms with Crippen LogP contribution in [0.4, 0.5) is 0 Å². The second-order valence-corrected chi connectivity index (χ2v) is 3.49. The molecule has 0 rings (SSSR count). The normalized spacial score (nSPS) is 15.3. The van der Waals surface area contributed by atoms with Crippen LogP contribution in [-0.4, -0.2) is 48.6 Å². The van der Waals surface area contributed by atoms with Crippen LogP contribution in [0, 0.1) is 5.92 Å². The maximum absolute atomic E-state index is 11.2. The highest BCUT2D eigenvalue weighted by Crippen LogP contribution is 2.03. The van der Waals surface area contributed by atoms with Gasteiger partial charge in [0.1, 0.15) is 6.04 Å². The van der Waals surface area contributed by atoms with Gasteiger partial charge in [-0.2, -0.15) is 0 Å². The predicted molar refractivity (Wildman–Crippen MR) is 51.7 cm³/mol. The second-order valence-electron chi connectivity index (χ2n) is 3.49. The van der Waals surface area contributed by atoms with Crippen LogP contribution in [0.1, 0.15) is 13.8 Å². The first-order chi connectivity index (χ1) is 6.52. The van der Waals surface area contributed by atoms with Crippen molar-refractivity contribution in [1.29, 1.82) is 0 Å². The van der Waals surface area contributed by atoms with Gasteiger partial charge in [0.25, 0.3) is 0 Å². The fourth-order valence-electron chi connectivity index (χ4n) is 1.05. The average Bonchev–Trinajstić information content (AvgIpc) is 2.16. The second kappa shape index (κ2) is 6.75. The summed E-state index contributed by atoms with van der Waals surface area (Å²) in [4.78, 5) is 11.2. The van der Waals surface area contributed by atoms with E-state index in [-0.39, 0.29) is 25.0 Å². The van der Waals surface area contributed by atoms with Gasteiger partial charge in [-0.3, -0.25) is 4.79 Å². The Morgan fingerprint density at radius 2 is 2.07 bits per heavy atom. The Balaban J connectivity index is 4.04. The molecule has 14 heavy (non-hydrogen) atoms. The predicted octanol–water partition coefficient (Wildman–Crippen LogP) is -0.873. The number of ether oxygens (including phenoxy) is 1. The van der Waals surface area contributed by atoms with Gasteiger partial charge in [0.15, 0.2) is 0 Å². The monoisotopic (exact) mass is 205 g/mol. The standard InChI is InChI=1S/C9H19NO4/c1-6(2)8(9(13)14-3)10-4-7(12)5-11/h6-8,10-12H,4-5H2,1-3H3/t7-,8?/m0/s1. The van der Waals surface area contributed by atoms with Crippen LogP contribution in [-0.2, 0) is 9.53 Å². The summed E-state index contributed by atoms with van der Waals surface area (Å²) in [5, 5.41) is 20.5. The van der Waals surface area contributed by atoms with Gasteiger partial charge >= 0.3 is 5.97 Å². The summed E-state index contributed by atoms with van der Waals surface area (Å²) >= 11 is 0.